The van der Waals surface area contributed by atoms with E-state index in [4.69, 9.17) is 10.5 Å². The quantitative estimate of drug-likeness (QED) is 0.608. The molecule has 0 saturated heterocycles. The fraction of sp³-hybridized carbons (Fsp3) is 0.526. The van der Waals surface area contributed by atoms with Gasteiger partial charge in [-0.3, -0.25) is 4.79 Å². The van der Waals surface area contributed by atoms with Gasteiger partial charge in [0, 0.05) is 30.7 Å². The summed E-state index contributed by atoms with van der Waals surface area (Å²) in [5, 5.41) is 17.7. The van der Waals surface area contributed by atoms with Gasteiger partial charge in [-0.1, -0.05) is 32.9 Å². The molecule has 0 radical (unpaired) electrons. The molecule has 0 atom stereocenters. The van der Waals surface area contributed by atoms with Crippen LogP contribution < -0.4 is 0 Å². The number of benzene rings is 1. The van der Waals surface area contributed by atoms with Crippen LogP contribution in [0.2, 0.25) is 0 Å². The molecule has 4 nitrogen and oxygen atoms in total. The Labute approximate surface area is 144 Å². The minimum Gasteiger partial charge on any atom is -0.315 e. The number of aryl methyl sites for hydroxylation is 3. The van der Waals surface area contributed by atoms with Crippen molar-refractivity contribution in [2.45, 2.75) is 52.9 Å². The summed E-state index contributed by atoms with van der Waals surface area (Å²) < 4.78 is 13.3. The highest BCUT2D eigenvalue weighted by atomic mass is 31.2. The molecule has 0 heterocycles. The van der Waals surface area contributed by atoms with Crippen molar-refractivity contribution in [1.82, 2.24) is 0 Å². The van der Waals surface area contributed by atoms with E-state index in [1.54, 1.807) is 0 Å². The first kappa shape index (κ1) is 20.1. The molecule has 0 unspecified atom stereocenters. The summed E-state index contributed by atoms with van der Waals surface area (Å²) in [6.45, 7) is 6.04. The molecule has 0 fully saturated rings. The molecule has 0 aliphatic heterocycles. The lowest BCUT2D eigenvalue weighted by molar-refractivity contribution is 0.107. The van der Waals surface area contributed by atoms with E-state index in [0.717, 1.165) is 17.5 Å². The van der Waals surface area contributed by atoms with Crippen LogP contribution >= 0.6 is 7.14 Å². The van der Waals surface area contributed by atoms with E-state index in [1.807, 2.05) is 38.1 Å². The minimum atomic E-state index is -3.25. The third-order valence-corrected chi connectivity index (χ3v) is 7.14. The van der Waals surface area contributed by atoms with E-state index in [9.17, 15) is 9.36 Å². The molecule has 128 valence electrons. The minimum absolute atomic E-state index is 0.0614. The van der Waals surface area contributed by atoms with E-state index >= 15 is 0 Å². The molecule has 0 aliphatic rings. The Morgan fingerprint density at radius 2 is 1.42 bits per heavy atom. The first-order valence-electron chi connectivity index (χ1n) is 8.48. The van der Waals surface area contributed by atoms with Gasteiger partial charge in [-0.15, -0.1) is 0 Å². The maximum Gasteiger partial charge on any atom is 0.221 e. The molecule has 1 rings (SSSR count). The number of nitriles is 2. The van der Waals surface area contributed by atoms with Crippen LogP contribution in [-0.2, 0) is 23.8 Å². The van der Waals surface area contributed by atoms with Gasteiger partial charge in [0.15, 0.2) is 7.14 Å². The average Bonchev–Trinajstić information content (AvgIpc) is 2.62. The average molecular weight is 344 g/mol. The second kappa shape index (κ2) is 9.41. The molecule has 24 heavy (non-hydrogen) atoms. The predicted octanol–water partition coefficient (Wildman–Crippen LogP) is 4.70. The number of carbonyl (C=O) groups is 1. The van der Waals surface area contributed by atoms with Gasteiger partial charge in [-0.2, -0.15) is 10.5 Å². The van der Waals surface area contributed by atoms with Gasteiger partial charge in [-0.25, -0.2) is 0 Å². The standard InChI is InChI=1S/C19H25N2O2P/c1-4-15-13-16(5-2)18(17(6-3)14-15)19(22)24(23,11-7-9-20)12-8-10-21/h13-14H,4-8,11-12H2,1-3H3. The van der Waals surface area contributed by atoms with Crippen LogP contribution in [0, 0.1) is 22.7 Å². The second-order valence-corrected chi connectivity index (χ2v) is 8.89. The van der Waals surface area contributed by atoms with Crippen molar-refractivity contribution in [3.8, 4) is 12.1 Å². The number of hydrogen-bond acceptors (Lipinski definition) is 4. The van der Waals surface area contributed by atoms with Crippen molar-refractivity contribution in [2.24, 2.45) is 0 Å². The lowest BCUT2D eigenvalue weighted by Crippen LogP contribution is -2.13. The molecule has 0 bridgehead atoms. The van der Waals surface area contributed by atoms with Gasteiger partial charge in [0.25, 0.3) is 0 Å². The molecule has 1 aromatic rings. The molecular formula is C19H25N2O2P. The van der Waals surface area contributed by atoms with E-state index in [0.29, 0.717) is 18.4 Å². The Morgan fingerprint density at radius 1 is 0.958 bits per heavy atom. The first-order chi connectivity index (χ1) is 11.5. The molecule has 0 saturated carbocycles. The number of rotatable bonds is 9. The van der Waals surface area contributed by atoms with Gasteiger partial charge in [-0.05, 0) is 36.0 Å². The van der Waals surface area contributed by atoms with Crippen LogP contribution in [0.5, 0.6) is 0 Å². The van der Waals surface area contributed by atoms with Crippen LogP contribution in [0.25, 0.3) is 0 Å². The van der Waals surface area contributed by atoms with E-state index in [1.165, 1.54) is 5.56 Å². The molecule has 0 spiro atoms. The fourth-order valence-corrected chi connectivity index (χ4v) is 5.10. The van der Waals surface area contributed by atoms with Gasteiger partial charge in [0.1, 0.15) is 0 Å². The highest BCUT2D eigenvalue weighted by Gasteiger charge is 2.34. The van der Waals surface area contributed by atoms with Crippen LogP contribution in [-0.4, -0.2) is 17.8 Å². The Hall–Kier alpha value is -1.90. The lowest BCUT2D eigenvalue weighted by atomic mass is 9.94. The third-order valence-electron chi connectivity index (χ3n) is 4.29. The van der Waals surface area contributed by atoms with Crippen LogP contribution in [0.15, 0.2) is 12.1 Å². The second-order valence-electron chi connectivity index (χ2n) is 5.81. The molecule has 5 heteroatoms. The number of carbonyl (C=O) groups excluding carboxylic acids is 1. The monoisotopic (exact) mass is 344 g/mol. The third kappa shape index (κ3) is 4.56. The highest BCUT2D eigenvalue weighted by molar-refractivity contribution is 7.81. The maximum absolute atomic E-state index is 13.3. The zero-order valence-corrected chi connectivity index (χ0v) is 15.7. The smallest absolute Gasteiger partial charge is 0.221 e. The van der Waals surface area contributed by atoms with Crippen molar-refractivity contribution in [3.63, 3.8) is 0 Å². The summed E-state index contributed by atoms with van der Waals surface area (Å²) in [6.07, 6.45) is 2.54. The highest BCUT2D eigenvalue weighted by Crippen LogP contribution is 2.51. The van der Waals surface area contributed by atoms with Gasteiger partial charge < -0.3 is 4.57 Å². The van der Waals surface area contributed by atoms with E-state index in [2.05, 4.69) is 6.92 Å². The van der Waals surface area contributed by atoms with Crippen LogP contribution in [0.3, 0.4) is 0 Å². The summed E-state index contributed by atoms with van der Waals surface area (Å²) in [5.41, 5.74) is 3.24. The molecule has 0 amide bonds. The number of hydrogen-bond donors (Lipinski definition) is 0. The normalized spacial score (nSPS) is 10.9. The zero-order valence-electron chi connectivity index (χ0n) is 14.8. The fourth-order valence-electron chi connectivity index (χ4n) is 2.86. The molecule has 0 N–H and O–H groups in total. The maximum atomic E-state index is 13.3. The Morgan fingerprint density at radius 3 is 1.75 bits per heavy atom. The van der Waals surface area contributed by atoms with Crippen molar-refractivity contribution in [2.75, 3.05) is 12.3 Å². The molecule has 0 aliphatic carbocycles. The van der Waals surface area contributed by atoms with Gasteiger partial charge in [0.2, 0.25) is 5.52 Å². The van der Waals surface area contributed by atoms with E-state index in [-0.39, 0.29) is 30.7 Å². The van der Waals surface area contributed by atoms with Crippen molar-refractivity contribution in [3.05, 3.63) is 34.4 Å². The zero-order chi connectivity index (χ0) is 18.2. The summed E-state index contributed by atoms with van der Waals surface area (Å²) in [6, 6.07) is 7.99. The topological polar surface area (TPSA) is 81.7 Å². The van der Waals surface area contributed by atoms with E-state index < -0.39 is 7.14 Å². The molecule has 0 aromatic heterocycles. The number of nitrogens with zero attached hydrogens (tertiary/aromatic N) is 2. The van der Waals surface area contributed by atoms with Crippen molar-refractivity contribution >= 4 is 12.7 Å². The Kier molecular flexibility index (Phi) is 7.90. The summed E-state index contributed by atoms with van der Waals surface area (Å²) in [4.78, 5) is 13.2. The van der Waals surface area contributed by atoms with Crippen molar-refractivity contribution < 1.29 is 9.36 Å². The summed E-state index contributed by atoms with van der Waals surface area (Å²) in [5.74, 6) is 0. The summed E-state index contributed by atoms with van der Waals surface area (Å²) in [7, 11) is -3.25. The van der Waals surface area contributed by atoms with Crippen LogP contribution in [0.1, 0.15) is 60.7 Å². The largest absolute Gasteiger partial charge is 0.315 e. The Bertz CT molecular complexity index is 679. The first-order valence-corrected chi connectivity index (χ1v) is 10.6. The molecule has 1 aromatic carbocycles. The predicted molar refractivity (Wildman–Crippen MR) is 96.7 cm³/mol. The molecular weight excluding hydrogens is 319 g/mol. The van der Waals surface area contributed by atoms with Crippen LogP contribution in [0.4, 0.5) is 0 Å². The SMILES string of the molecule is CCc1cc(CC)c(C(=O)P(=O)(CCC#N)CCC#N)c(CC)c1. The van der Waals surface area contributed by atoms with Gasteiger partial charge in [0.05, 0.1) is 12.1 Å². The lowest BCUT2D eigenvalue weighted by Gasteiger charge is -2.20. The van der Waals surface area contributed by atoms with Crippen molar-refractivity contribution in [1.29, 1.82) is 10.5 Å². The van der Waals surface area contributed by atoms with Gasteiger partial charge >= 0.3 is 0 Å². The Balaban J connectivity index is 3.45. The summed E-state index contributed by atoms with van der Waals surface area (Å²) >= 11 is 0.